The van der Waals surface area contributed by atoms with Crippen molar-refractivity contribution in [2.45, 2.75) is 58.1 Å². The van der Waals surface area contributed by atoms with E-state index < -0.39 is 7.60 Å². The first-order chi connectivity index (χ1) is 10.4. The number of ether oxygens (including phenoxy) is 1. The fraction of sp³-hybridized carbons (Fsp3) is 0.933. The van der Waals surface area contributed by atoms with Gasteiger partial charge in [0.05, 0.1) is 6.16 Å². The summed E-state index contributed by atoms with van der Waals surface area (Å²) < 4.78 is 16.7. The Morgan fingerprint density at radius 3 is 2.73 bits per heavy atom. The fourth-order valence-corrected chi connectivity index (χ4v) is 4.76. The van der Waals surface area contributed by atoms with Crippen LogP contribution in [0.5, 0.6) is 0 Å². The molecule has 22 heavy (non-hydrogen) atoms. The monoisotopic (exact) mass is 333 g/mol. The minimum Gasteiger partial charge on any atom is -0.447 e. The molecule has 0 aromatic carbocycles. The molecule has 1 saturated carbocycles. The molecular weight excluding hydrogens is 305 g/mol. The first-order valence-electron chi connectivity index (χ1n) is 8.34. The van der Waals surface area contributed by atoms with E-state index in [2.05, 4.69) is 5.32 Å². The molecule has 4 atom stereocenters. The molecule has 0 amide bonds. The summed E-state index contributed by atoms with van der Waals surface area (Å²) in [6, 6.07) is 0. The second kappa shape index (κ2) is 7.91. The van der Waals surface area contributed by atoms with Crippen LogP contribution < -0.4 is 5.32 Å². The Morgan fingerprint density at radius 2 is 2.05 bits per heavy atom. The van der Waals surface area contributed by atoms with Crippen molar-refractivity contribution >= 4 is 13.6 Å². The molecule has 1 aliphatic carbocycles. The van der Waals surface area contributed by atoms with Gasteiger partial charge in [-0.25, -0.2) is 0 Å². The normalized spacial score (nSPS) is 32.3. The van der Waals surface area contributed by atoms with Crippen LogP contribution in [0.4, 0.5) is 0 Å². The van der Waals surface area contributed by atoms with Crippen molar-refractivity contribution in [1.29, 1.82) is 0 Å². The van der Waals surface area contributed by atoms with Crippen molar-refractivity contribution in [3.8, 4) is 0 Å². The molecule has 0 aromatic rings. The van der Waals surface area contributed by atoms with E-state index in [-0.39, 0.29) is 24.3 Å². The van der Waals surface area contributed by atoms with Gasteiger partial charge in [0.25, 0.3) is 0 Å². The third-order valence-corrected chi connectivity index (χ3v) is 5.87. The van der Waals surface area contributed by atoms with Crippen molar-refractivity contribution in [3.63, 3.8) is 0 Å². The van der Waals surface area contributed by atoms with Crippen LogP contribution in [0.15, 0.2) is 0 Å². The summed E-state index contributed by atoms with van der Waals surface area (Å²) in [4.78, 5) is 30.0. The lowest BCUT2D eigenvalue weighted by atomic mass is 9.71. The maximum absolute atomic E-state index is 11.7. The highest BCUT2D eigenvalue weighted by Gasteiger charge is 2.38. The summed E-state index contributed by atoms with van der Waals surface area (Å²) in [6.45, 7) is 2.87. The van der Waals surface area contributed by atoms with E-state index in [4.69, 9.17) is 14.5 Å². The van der Waals surface area contributed by atoms with Gasteiger partial charge in [-0.1, -0.05) is 13.3 Å². The van der Waals surface area contributed by atoms with Crippen LogP contribution >= 0.6 is 7.60 Å². The van der Waals surface area contributed by atoms with Gasteiger partial charge < -0.3 is 14.5 Å². The summed E-state index contributed by atoms with van der Waals surface area (Å²) in [5.74, 6) is 0.881. The highest BCUT2D eigenvalue weighted by Crippen LogP contribution is 2.45. The van der Waals surface area contributed by atoms with Gasteiger partial charge in [-0.2, -0.15) is 0 Å². The molecule has 7 heteroatoms. The number of nitrogens with one attached hydrogen (secondary N) is 1. The largest absolute Gasteiger partial charge is 0.447 e. The number of hydrogen-bond donors (Lipinski definition) is 3. The number of carbonyl (C=O) groups excluding carboxylic acids is 1. The predicted octanol–water partition coefficient (Wildman–Crippen LogP) is 2.25. The van der Waals surface area contributed by atoms with Crippen LogP contribution in [0.2, 0.25) is 0 Å². The van der Waals surface area contributed by atoms with E-state index in [1.165, 1.54) is 0 Å². The second-order valence-electron chi connectivity index (χ2n) is 6.77. The van der Waals surface area contributed by atoms with Gasteiger partial charge in [0.1, 0.15) is 0 Å². The molecule has 4 unspecified atom stereocenters. The van der Waals surface area contributed by atoms with E-state index >= 15 is 0 Å². The number of piperidine rings is 1. The van der Waals surface area contributed by atoms with Gasteiger partial charge in [0.2, 0.25) is 0 Å². The smallest absolute Gasteiger partial charge is 0.325 e. The zero-order chi connectivity index (χ0) is 16.2. The summed E-state index contributed by atoms with van der Waals surface area (Å²) >= 11 is 0. The van der Waals surface area contributed by atoms with E-state index in [9.17, 15) is 9.36 Å². The number of hydrogen-bond acceptors (Lipinski definition) is 4. The van der Waals surface area contributed by atoms with Crippen LogP contribution in [-0.2, 0) is 14.1 Å². The molecule has 0 spiro atoms. The van der Waals surface area contributed by atoms with E-state index in [1.54, 1.807) is 0 Å². The summed E-state index contributed by atoms with van der Waals surface area (Å²) in [5, 5.41) is 3.29. The molecule has 128 valence electrons. The lowest BCUT2D eigenvalue weighted by Crippen LogP contribution is -2.48. The van der Waals surface area contributed by atoms with Crippen molar-refractivity contribution in [2.24, 2.45) is 17.8 Å². The van der Waals surface area contributed by atoms with Crippen LogP contribution in [0, 0.1) is 17.8 Å². The van der Waals surface area contributed by atoms with Crippen molar-refractivity contribution < 1.29 is 23.9 Å². The average Bonchev–Trinajstić information content (AvgIpc) is 2.43. The number of unbranched alkanes of at least 4 members (excludes halogenated alkanes) is 1. The quantitative estimate of drug-likeness (QED) is 0.510. The first kappa shape index (κ1) is 17.9. The highest BCUT2D eigenvalue weighted by atomic mass is 31.2. The van der Waals surface area contributed by atoms with Crippen LogP contribution in [0.1, 0.15) is 51.9 Å². The molecule has 6 nitrogen and oxygen atoms in total. The Balaban J connectivity index is 1.82. The summed E-state index contributed by atoms with van der Waals surface area (Å²) in [7, 11) is -3.93. The van der Waals surface area contributed by atoms with Crippen LogP contribution in [0.3, 0.4) is 0 Å². The average molecular weight is 333 g/mol. The van der Waals surface area contributed by atoms with Gasteiger partial charge in [0, 0.05) is 19.4 Å². The molecule has 3 N–H and O–H groups in total. The fourth-order valence-electron chi connectivity index (χ4n) is 3.75. The number of rotatable bonds is 6. The molecule has 2 rings (SSSR count). The number of carbonyl (C=O) groups is 1. The van der Waals surface area contributed by atoms with Crippen LogP contribution in [-0.4, -0.2) is 34.7 Å². The molecule has 2 fully saturated rings. The number of fused-ring (bicyclic) bond motifs is 1. The minimum absolute atomic E-state index is 0.00932. The van der Waals surface area contributed by atoms with Crippen molar-refractivity contribution in [3.05, 3.63) is 0 Å². The van der Waals surface area contributed by atoms with Gasteiger partial charge >= 0.3 is 13.6 Å². The zero-order valence-electron chi connectivity index (χ0n) is 13.2. The summed E-state index contributed by atoms with van der Waals surface area (Å²) in [6.07, 6.45) is 5.52. The van der Waals surface area contributed by atoms with E-state index in [1.807, 2.05) is 6.92 Å². The maximum Gasteiger partial charge on any atom is 0.325 e. The molecule has 1 heterocycles. The zero-order valence-corrected chi connectivity index (χ0v) is 14.1. The Bertz CT molecular complexity index is 424. The first-order valence-corrected chi connectivity index (χ1v) is 10.1. The molecule has 1 saturated heterocycles. The molecular formula is C15H28NO5P. The topological polar surface area (TPSA) is 95.9 Å². The standard InChI is InChI=1S/C15H28NO5P/c1-2-3-4-15(17)21-14-8-13-7-11(10-22(18,19)20)5-6-12(13)9-16-14/h11-14,16H,2-10H2,1H3,(H2,18,19,20). The maximum atomic E-state index is 11.7. The predicted molar refractivity (Wildman–Crippen MR) is 83.3 cm³/mol. The Hall–Kier alpha value is -0.420. The third kappa shape index (κ3) is 5.65. The third-order valence-electron chi connectivity index (χ3n) is 4.88. The molecule has 2 aliphatic rings. The lowest BCUT2D eigenvalue weighted by molar-refractivity contribution is -0.154. The Labute approximate surface area is 132 Å². The number of esters is 1. The Morgan fingerprint density at radius 1 is 1.27 bits per heavy atom. The van der Waals surface area contributed by atoms with Gasteiger partial charge in [-0.15, -0.1) is 0 Å². The molecule has 0 radical (unpaired) electrons. The van der Waals surface area contributed by atoms with Crippen molar-refractivity contribution in [2.75, 3.05) is 12.7 Å². The highest BCUT2D eigenvalue weighted by molar-refractivity contribution is 7.51. The van der Waals surface area contributed by atoms with E-state index in [0.717, 1.165) is 45.1 Å². The molecule has 0 bridgehead atoms. The van der Waals surface area contributed by atoms with Crippen LogP contribution in [0.25, 0.3) is 0 Å². The molecule has 0 aromatic heterocycles. The van der Waals surface area contributed by atoms with Gasteiger partial charge in [0.15, 0.2) is 6.23 Å². The lowest BCUT2D eigenvalue weighted by Gasteiger charge is -2.42. The second-order valence-corrected chi connectivity index (χ2v) is 8.47. The van der Waals surface area contributed by atoms with E-state index in [0.29, 0.717) is 18.3 Å². The molecule has 1 aliphatic heterocycles. The summed E-state index contributed by atoms with van der Waals surface area (Å²) in [5.41, 5.74) is 0. The van der Waals surface area contributed by atoms with Gasteiger partial charge in [-0.05, 0) is 43.4 Å². The van der Waals surface area contributed by atoms with Gasteiger partial charge in [-0.3, -0.25) is 14.7 Å². The Kier molecular flexibility index (Phi) is 6.45. The minimum atomic E-state index is -3.93. The SMILES string of the molecule is CCCCC(=O)OC1CC2CC(CP(=O)(O)O)CCC2CN1. The van der Waals surface area contributed by atoms with Crippen molar-refractivity contribution in [1.82, 2.24) is 5.32 Å².